The normalized spacial score (nSPS) is 12.0. The smallest absolute Gasteiger partial charge is 0.320 e. The fourth-order valence-corrected chi connectivity index (χ4v) is 2.71. The largest absolute Gasteiger partial charge is 0.464 e. The van der Waals surface area contributed by atoms with E-state index in [0.717, 1.165) is 12.8 Å². The third-order valence-electron chi connectivity index (χ3n) is 3.17. The fourth-order valence-electron chi connectivity index (χ4n) is 1.71. The third kappa shape index (κ3) is 15.0. The molecular formula is C20H40NO4P. The van der Waals surface area contributed by atoms with Crippen LogP contribution in [0.4, 0.5) is 0 Å². The first-order valence-corrected chi connectivity index (χ1v) is 11.7. The highest BCUT2D eigenvalue weighted by molar-refractivity contribution is 7.56. The van der Waals surface area contributed by atoms with E-state index in [1.54, 1.807) is 24.3 Å². The van der Waals surface area contributed by atoms with E-state index in [4.69, 9.17) is 9.26 Å². The molecule has 1 aromatic rings. The summed E-state index contributed by atoms with van der Waals surface area (Å²) in [6.45, 7) is 14.1. The number of para-hydroxylation sites is 1. The van der Waals surface area contributed by atoms with Crippen molar-refractivity contribution in [3.8, 4) is 5.75 Å². The van der Waals surface area contributed by atoms with Crippen LogP contribution in [0.2, 0.25) is 0 Å². The van der Waals surface area contributed by atoms with Gasteiger partial charge in [0.1, 0.15) is 12.3 Å². The van der Waals surface area contributed by atoms with Crippen LogP contribution in [0.3, 0.4) is 0 Å². The van der Waals surface area contributed by atoms with E-state index >= 15 is 0 Å². The minimum atomic E-state index is -3.08. The number of carbonyl (C=O) groups is 1. The minimum Gasteiger partial charge on any atom is -0.464 e. The summed E-state index contributed by atoms with van der Waals surface area (Å²) in [5, 5.41) is 2.63. The Balaban J connectivity index is -0.000000870. The average molecular weight is 390 g/mol. The van der Waals surface area contributed by atoms with E-state index in [1.165, 1.54) is 13.1 Å². The van der Waals surface area contributed by atoms with Gasteiger partial charge in [0, 0.05) is 8.09 Å². The van der Waals surface area contributed by atoms with Gasteiger partial charge in [-0.2, -0.15) is 0 Å². The Morgan fingerprint density at radius 3 is 2.08 bits per heavy atom. The predicted molar refractivity (Wildman–Crippen MR) is 113 cm³/mol. The quantitative estimate of drug-likeness (QED) is 0.405. The number of hydrogen-bond donors (Lipinski definition) is 1. The molecular weight excluding hydrogens is 349 g/mol. The fraction of sp³-hybridized carbons (Fsp3) is 0.650. The lowest BCUT2D eigenvalue weighted by molar-refractivity contribution is -0.143. The maximum absolute atomic E-state index is 12.2. The standard InChI is InChI=1S/C15H24NO4P.C3H8.C2H6.H2/c1-4-13(5-2)12-19-15(17)11-16-21(3,18)20-14-9-7-6-8-10-14;1-3-2;1-2;/h6-10,13H,4-5,11-12H2,1-3H3,(H,16,18);3H2,1-2H3;1-2H3;1H. The molecule has 154 valence electrons. The van der Waals surface area contributed by atoms with Crippen LogP contribution in [0.1, 0.15) is 62.2 Å². The molecule has 0 aliphatic carbocycles. The van der Waals surface area contributed by atoms with Crippen LogP contribution in [-0.2, 0) is 14.1 Å². The van der Waals surface area contributed by atoms with Gasteiger partial charge >= 0.3 is 13.5 Å². The van der Waals surface area contributed by atoms with E-state index in [9.17, 15) is 9.36 Å². The summed E-state index contributed by atoms with van der Waals surface area (Å²) in [6.07, 6.45) is 3.20. The van der Waals surface area contributed by atoms with Gasteiger partial charge in [0.25, 0.3) is 0 Å². The molecule has 0 aromatic heterocycles. The first kappa shape index (κ1) is 26.9. The molecule has 0 amide bonds. The van der Waals surface area contributed by atoms with Crippen LogP contribution in [0.5, 0.6) is 5.75 Å². The monoisotopic (exact) mass is 389 g/mol. The Morgan fingerprint density at radius 2 is 1.62 bits per heavy atom. The lowest BCUT2D eigenvalue weighted by atomic mass is 10.1. The Bertz CT molecular complexity index is 496. The molecule has 0 aliphatic heterocycles. The van der Waals surface area contributed by atoms with Crippen molar-refractivity contribution >= 4 is 13.5 Å². The molecule has 5 nitrogen and oxygen atoms in total. The summed E-state index contributed by atoms with van der Waals surface area (Å²) >= 11 is 0. The second-order valence-electron chi connectivity index (χ2n) is 5.66. The van der Waals surface area contributed by atoms with Gasteiger partial charge in [-0.3, -0.25) is 9.36 Å². The van der Waals surface area contributed by atoms with Crippen molar-refractivity contribution in [2.75, 3.05) is 19.8 Å². The topological polar surface area (TPSA) is 64.6 Å². The number of rotatable bonds is 9. The van der Waals surface area contributed by atoms with Gasteiger partial charge in [-0.05, 0) is 18.1 Å². The zero-order chi connectivity index (χ0) is 20.4. The summed E-state index contributed by atoms with van der Waals surface area (Å²) in [5.74, 6) is 0.463. The van der Waals surface area contributed by atoms with Crippen LogP contribution in [0, 0.1) is 5.92 Å². The lowest BCUT2D eigenvalue weighted by Gasteiger charge is -2.17. The molecule has 0 aliphatic rings. The Hall–Kier alpha value is -1.32. The van der Waals surface area contributed by atoms with Gasteiger partial charge in [-0.1, -0.05) is 79.0 Å². The second-order valence-corrected chi connectivity index (χ2v) is 7.85. The molecule has 1 N–H and O–H groups in total. The minimum absolute atomic E-state index is 0. The Labute approximate surface area is 161 Å². The maximum Gasteiger partial charge on any atom is 0.320 e. The van der Waals surface area contributed by atoms with E-state index in [1.807, 2.05) is 19.9 Å². The van der Waals surface area contributed by atoms with Crippen molar-refractivity contribution in [1.29, 1.82) is 0 Å². The lowest BCUT2D eigenvalue weighted by Crippen LogP contribution is -2.25. The van der Waals surface area contributed by atoms with E-state index in [0.29, 0.717) is 18.3 Å². The molecule has 0 bridgehead atoms. The highest BCUT2D eigenvalue weighted by Crippen LogP contribution is 2.38. The molecule has 0 saturated carbocycles. The van der Waals surface area contributed by atoms with Crippen LogP contribution >= 0.6 is 7.52 Å². The average Bonchev–Trinajstić information content (AvgIpc) is 2.64. The molecule has 1 aromatic carbocycles. The van der Waals surface area contributed by atoms with Crippen LogP contribution in [-0.4, -0.2) is 25.8 Å². The van der Waals surface area contributed by atoms with Crippen molar-refractivity contribution in [1.82, 2.24) is 5.09 Å². The molecule has 0 heterocycles. The number of ether oxygens (including phenoxy) is 1. The van der Waals surface area contributed by atoms with Crippen molar-refractivity contribution in [2.24, 2.45) is 5.92 Å². The van der Waals surface area contributed by atoms with Crippen molar-refractivity contribution in [3.63, 3.8) is 0 Å². The molecule has 1 atom stereocenters. The first-order valence-electron chi connectivity index (χ1n) is 9.61. The molecule has 0 spiro atoms. The van der Waals surface area contributed by atoms with E-state index < -0.39 is 13.5 Å². The molecule has 0 radical (unpaired) electrons. The van der Waals surface area contributed by atoms with Crippen molar-refractivity contribution in [2.45, 2.75) is 60.8 Å². The molecule has 0 saturated heterocycles. The van der Waals surface area contributed by atoms with Crippen LogP contribution in [0.15, 0.2) is 30.3 Å². The predicted octanol–water partition coefficient (Wildman–Crippen LogP) is 6.15. The third-order valence-corrected chi connectivity index (χ3v) is 4.46. The van der Waals surface area contributed by atoms with Gasteiger partial charge in [-0.25, -0.2) is 5.09 Å². The van der Waals surface area contributed by atoms with E-state index in [-0.39, 0.29) is 7.97 Å². The van der Waals surface area contributed by atoms with Gasteiger partial charge in [0.05, 0.1) is 6.61 Å². The van der Waals surface area contributed by atoms with Gasteiger partial charge < -0.3 is 9.26 Å². The SMILES string of the molecule is CC.CCC.CCC(CC)COC(=O)CNP(C)(=O)Oc1ccccc1.[HH]. The number of nitrogens with one attached hydrogen (secondary N) is 1. The van der Waals surface area contributed by atoms with Gasteiger partial charge in [0.2, 0.25) is 0 Å². The highest BCUT2D eigenvalue weighted by atomic mass is 31.2. The molecule has 1 rings (SSSR count). The zero-order valence-electron chi connectivity index (χ0n) is 17.6. The number of benzene rings is 1. The Kier molecular flexibility index (Phi) is 17.7. The molecule has 1 unspecified atom stereocenters. The second kappa shape index (κ2) is 17.1. The number of esters is 1. The first-order chi connectivity index (χ1) is 12.4. The number of carbonyl (C=O) groups excluding carboxylic acids is 1. The summed E-state index contributed by atoms with van der Waals surface area (Å²) < 4.78 is 22.7. The van der Waals surface area contributed by atoms with E-state index in [2.05, 4.69) is 32.8 Å². The number of hydrogen-bond acceptors (Lipinski definition) is 4. The maximum atomic E-state index is 12.2. The summed E-state index contributed by atoms with van der Waals surface area (Å²) in [7, 11) is -3.08. The van der Waals surface area contributed by atoms with Crippen LogP contribution < -0.4 is 9.61 Å². The summed E-state index contributed by atoms with van der Waals surface area (Å²) in [4.78, 5) is 11.6. The Morgan fingerprint density at radius 1 is 1.12 bits per heavy atom. The molecule has 26 heavy (non-hydrogen) atoms. The molecule has 0 fully saturated rings. The zero-order valence-corrected chi connectivity index (χ0v) is 18.5. The molecule has 6 heteroatoms. The van der Waals surface area contributed by atoms with Crippen LogP contribution in [0.25, 0.3) is 0 Å². The summed E-state index contributed by atoms with van der Waals surface area (Å²) in [6, 6.07) is 8.85. The van der Waals surface area contributed by atoms with Crippen molar-refractivity contribution in [3.05, 3.63) is 30.3 Å². The summed E-state index contributed by atoms with van der Waals surface area (Å²) in [5.41, 5.74) is 0. The van der Waals surface area contributed by atoms with Crippen molar-refractivity contribution < 1.29 is 20.0 Å². The van der Waals surface area contributed by atoms with Gasteiger partial charge in [0.15, 0.2) is 0 Å². The van der Waals surface area contributed by atoms with Gasteiger partial charge in [-0.15, -0.1) is 0 Å². The highest BCUT2D eigenvalue weighted by Gasteiger charge is 2.19.